The molecule has 3 nitrogen and oxygen atoms in total. The van der Waals surface area contributed by atoms with Crippen molar-refractivity contribution in [2.24, 2.45) is 0 Å². The first-order valence-electron chi connectivity index (χ1n) is 2.62. The lowest BCUT2D eigenvalue weighted by atomic mass is 10.4. The Hall–Kier alpha value is -0.350. The summed E-state index contributed by atoms with van der Waals surface area (Å²) < 4.78 is 28.2. The SMILES string of the molecule is C/C=C\CCS(=O)(=O)O. The summed E-state index contributed by atoms with van der Waals surface area (Å²) in [6.45, 7) is 1.80. The van der Waals surface area contributed by atoms with Crippen molar-refractivity contribution in [3.63, 3.8) is 0 Å². The van der Waals surface area contributed by atoms with Gasteiger partial charge < -0.3 is 0 Å². The van der Waals surface area contributed by atoms with Gasteiger partial charge in [-0.2, -0.15) is 8.42 Å². The van der Waals surface area contributed by atoms with Crippen molar-refractivity contribution in [2.75, 3.05) is 5.75 Å². The Bertz CT molecular complexity index is 178. The van der Waals surface area contributed by atoms with Gasteiger partial charge in [0, 0.05) is 0 Å². The molecule has 0 atom stereocenters. The first kappa shape index (κ1) is 8.65. The minimum atomic E-state index is -3.75. The topological polar surface area (TPSA) is 54.4 Å². The summed E-state index contributed by atoms with van der Waals surface area (Å²) in [7, 11) is -3.75. The van der Waals surface area contributed by atoms with Crippen LogP contribution < -0.4 is 0 Å². The van der Waals surface area contributed by atoms with Crippen molar-refractivity contribution in [3.05, 3.63) is 12.2 Å². The number of hydrogen-bond acceptors (Lipinski definition) is 2. The molecule has 4 heteroatoms. The van der Waals surface area contributed by atoms with Crippen LogP contribution in [0.1, 0.15) is 13.3 Å². The zero-order chi connectivity index (χ0) is 7.33. The lowest BCUT2D eigenvalue weighted by molar-refractivity contribution is 0.483. The van der Waals surface area contributed by atoms with E-state index in [4.69, 9.17) is 4.55 Å². The molecule has 9 heavy (non-hydrogen) atoms. The summed E-state index contributed by atoms with van der Waals surface area (Å²) in [6.07, 6.45) is 3.81. The van der Waals surface area contributed by atoms with Crippen LogP contribution in [0.4, 0.5) is 0 Å². The van der Waals surface area contributed by atoms with Crippen LogP contribution in [0.15, 0.2) is 12.2 Å². The van der Waals surface area contributed by atoms with Crippen LogP contribution in [-0.4, -0.2) is 18.7 Å². The van der Waals surface area contributed by atoms with Crippen molar-refractivity contribution in [2.45, 2.75) is 13.3 Å². The minimum absolute atomic E-state index is 0.183. The highest BCUT2D eigenvalue weighted by molar-refractivity contribution is 7.85. The second kappa shape index (κ2) is 3.63. The van der Waals surface area contributed by atoms with E-state index >= 15 is 0 Å². The summed E-state index contributed by atoms with van der Waals surface area (Å²) in [4.78, 5) is 0. The van der Waals surface area contributed by atoms with Gasteiger partial charge in [-0.1, -0.05) is 12.2 Å². The van der Waals surface area contributed by atoms with Gasteiger partial charge in [0.05, 0.1) is 5.75 Å². The van der Waals surface area contributed by atoms with Crippen LogP contribution in [-0.2, 0) is 10.1 Å². The zero-order valence-corrected chi connectivity index (χ0v) is 6.06. The zero-order valence-electron chi connectivity index (χ0n) is 5.24. The van der Waals surface area contributed by atoms with E-state index in [1.54, 1.807) is 19.1 Å². The van der Waals surface area contributed by atoms with Crippen molar-refractivity contribution >= 4 is 10.1 Å². The van der Waals surface area contributed by atoms with Gasteiger partial charge in [0.15, 0.2) is 0 Å². The fourth-order valence-electron chi connectivity index (χ4n) is 0.384. The van der Waals surface area contributed by atoms with Gasteiger partial charge in [-0.25, -0.2) is 0 Å². The quantitative estimate of drug-likeness (QED) is 0.479. The molecular weight excluding hydrogens is 140 g/mol. The second-order valence-electron chi connectivity index (χ2n) is 1.64. The molecule has 0 spiro atoms. The molecule has 0 aliphatic carbocycles. The number of rotatable bonds is 3. The maximum absolute atomic E-state index is 10.0. The van der Waals surface area contributed by atoms with Gasteiger partial charge in [-0.3, -0.25) is 4.55 Å². The highest BCUT2D eigenvalue weighted by Crippen LogP contribution is 1.88. The molecule has 0 aliphatic rings. The largest absolute Gasteiger partial charge is 0.286 e. The van der Waals surface area contributed by atoms with E-state index in [0.29, 0.717) is 6.42 Å². The normalized spacial score (nSPS) is 12.7. The van der Waals surface area contributed by atoms with E-state index in [1.807, 2.05) is 0 Å². The highest BCUT2D eigenvalue weighted by atomic mass is 32.2. The molecule has 0 radical (unpaired) electrons. The van der Waals surface area contributed by atoms with Crippen LogP contribution in [0.5, 0.6) is 0 Å². The first-order valence-corrected chi connectivity index (χ1v) is 4.23. The van der Waals surface area contributed by atoms with Crippen molar-refractivity contribution in [3.8, 4) is 0 Å². The second-order valence-corrected chi connectivity index (χ2v) is 3.22. The Balaban J connectivity index is 3.53. The predicted molar refractivity (Wildman–Crippen MR) is 35.8 cm³/mol. The van der Waals surface area contributed by atoms with Crippen molar-refractivity contribution < 1.29 is 13.0 Å². The van der Waals surface area contributed by atoms with E-state index in [0.717, 1.165) is 0 Å². The fraction of sp³-hybridized carbons (Fsp3) is 0.600. The molecule has 0 saturated carbocycles. The molecule has 0 saturated heterocycles. The molecule has 0 aromatic carbocycles. The Morgan fingerprint density at radius 1 is 1.56 bits per heavy atom. The third kappa shape index (κ3) is 7.65. The standard InChI is InChI=1S/C5H10O3S/c1-2-3-4-5-9(6,7)8/h2-3H,4-5H2,1H3,(H,6,7,8)/b3-2-. The smallest absolute Gasteiger partial charge is 0.265 e. The molecule has 0 bridgehead atoms. The van der Waals surface area contributed by atoms with Gasteiger partial charge in [0.25, 0.3) is 10.1 Å². The van der Waals surface area contributed by atoms with E-state index < -0.39 is 10.1 Å². The maximum atomic E-state index is 10.0. The van der Waals surface area contributed by atoms with Crippen LogP contribution in [0.2, 0.25) is 0 Å². The fourth-order valence-corrected chi connectivity index (χ4v) is 0.818. The number of hydrogen-bond donors (Lipinski definition) is 1. The molecule has 0 amide bonds. The summed E-state index contributed by atoms with van der Waals surface area (Å²) in [5.74, 6) is -0.183. The van der Waals surface area contributed by atoms with Gasteiger partial charge in [0.2, 0.25) is 0 Å². The third-order valence-corrected chi connectivity index (χ3v) is 1.53. The van der Waals surface area contributed by atoms with Gasteiger partial charge in [-0.05, 0) is 13.3 Å². The molecule has 0 heterocycles. The molecule has 0 fully saturated rings. The monoisotopic (exact) mass is 150 g/mol. The Labute approximate surface area is 55.1 Å². The molecule has 0 aliphatic heterocycles. The molecule has 0 unspecified atom stereocenters. The molecule has 54 valence electrons. The van der Waals surface area contributed by atoms with Gasteiger partial charge >= 0.3 is 0 Å². The van der Waals surface area contributed by atoms with E-state index in [9.17, 15) is 8.42 Å². The van der Waals surface area contributed by atoms with Crippen molar-refractivity contribution in [1.82, 2.24) is 0 Å². The minimum Gasteiger partial charge on any atom is -0.286 e. The van der Waals surface area contributed by atoms with Crippen LogP contribution >= 0.6 is 0 Å². The Kier molecular flexibility index (Phi) is 3.49. The summed E-state index contributed by atoms with van der Waals surface area (Å²) in [6, 6.07) is 0. The third-order valence-electron chi connectivity index (χ3n) is 0.778. The Morgan fingerprint density at radius 2 is 2.11 bits per heavy atom. The summed E-state index contributed by atoms with van der Waals surface area (Å²) in [5, 5.41) is 0. The number of allylic oxidation sites excluding steroid dienone is 2. The average Bonchev–Trinajstić information content (AvgIpc) is 1.63. The lowest BCUT2D eigenvalue weighted by Crippen LogP contribution is -2.01. The van der Waals surface area contributed by atoms with Crippen molar-refractivity contribution in [1.29, 1.82) is 0 Å². The maximum Gasteiger partial charge on any atom is 0.265 e. The average molecular weight is 150 g/mol. The molecule has 0 aromatic heterocycles. The van der Waals surface area contributed by atoms with Crippen LogP contribution in [0.3, 0.4) is 0 Å². The van der Waals surface area contributed by atoms with E-state index in [1.165, 1.54) is 0 Å². The molecule has 1 N–H and O–H groups in total. The summed E-state index contributed by atoms with van der Waals surface area (Å²) in [5.41, 5.74) is 0. The van der Waals surface area contributed by atoms with Gasteiger partial charge in [-0.15, -0.1) is 0 Å². The molecular formula is C5H10O3S. The van der Waals surface area contributed by atoms with E-state index in [2.05, 4.69) is 0 Å². The van der Waals surface area contributed by atoms with Gasteiger partial charge in [0.1, 0.15) is 0 Å². The van der Waals surface area contributed by atoms with Crippen LogP contribution in [0, 0.1) is 0 Å². The van der Waals surface area contributed by atoms with E-state index in [-0.39, 0.29) is 5.75 Å². The first-order chi connectivity index (χ1) is 4.06. The predicted octanol–water partition coefficient (Wildman–Crippen LogP) is 0.840. The van der Waals surface area contributed by atoms with Crippen LogP contribution in [0.25, 0.3) is 0 Å². The lowest BCUT2D eigenvalue weighted by Gasteiger charge is -1.88. The summed E-state index contributed by atoms with van der Waals surface area (Å²) >= 11 is 0. The Morgan fingerprint density at radius 3 is 2.44 bits per heavy atom. The molecule has 0 aromatic rings. The molecule has 0 rings (SSSR count). The highest BCUT2D eigenvalue weighted by Gasteiger charge is 1.99.